The first-order chi connectivity index (χ1) is 9.92. The smallest absolute Gasteiger partial charge is 0.0162 e. The Morgan fingerprint density at radius 3 is 1.95 bits per heavy atom. The normalized spacial score (nSPS) is 22.0. The molecule has 0 heterocycles. The average Bonchev–Trinajstić information content (AvgIpc) is 2.55. The third-order valence-electron chi connectivity index (χ3n) is 5.62. The van der Waals surface area contributed by atoms with Gasteiger partial charge < -0.3 is 0 Å². The van der Waals surface area contributed by atoms with E-state index in [0.717, 1.165) is 11.8 Å². The molecule has 0 saturated heterocycles. The van der Waals surface area contributed by atoms with E-state index in [4.69, 9.17) is 0 Å². The highest BCUT2D eigenvalue weighted by atomic mass is 14.2. The number of hydrogen-bond acceptors (Lipinski definition) is 0. The minimum absolute atomic E-state index is 0.858. The van der Waals surface area contributed by atoms with Gasteiger partial charge in [0.05, 0.1) is 0 Å². The van der Waals surface area contributed by atoms with Gasteiger partial charge >= 0.3 is 0 Å². The summed E-state index contributed by atoms with van der Waals surface area (Å²) in [5.74, 6) is 1.87. The maximum Gasteiger partial charge on any atom is -0.0162 e. The van der Waals surface area contributed by atoms with E-state index in [2.05, 4.69) is 24.3 Å². The van der Waals surface area contributed by atoms with Crippen molar-refractivity contribution < 1.29 is 0 Å². The van der Waals surface area contributed by atoms with Crippen molar-refractivity contribution in [2.45, 2.75) is 83.0 Å². The van der Waals surface area contributed by atoms with Gasteiger partial charge in [-0.05, 0) is 48.6 Å². The Hall–Kier alpha value is -0.780. The molecule has 0 aliphatic heterocycles. The summed E-state index contributed by atoms with van der Waals surface area (Å²) in [6, 6.07) is 9.66. The average molecular weight is 270 g/mol. The Kier molecular flexibility index (Phi) is 5.17. The second-order valence-corrected chi connectivity index (χ2v) is 7.12. The lowest BCUT2D eigenvalue weighted by Crippen LogP contribution is -2.07. The molecule has 2 saturated carbocycles. The Balaban J connectivity index is 1.50. The van der Waals surface area contributed by atoms with Crippen LogP contribution in [0.4, 0.5) is 0 Å². The maximum absolute atomic E-state index is 2.42. The van der Waals surface area contributed by atoms with E-state index in [0.29, 0.717) is 0 Å². The maximum atomic E-state index is 2.42. The summed E-state index contributed by atoms with van der Waals surface area (Å²) in [6.07, 6.45) is 17.3. The van der Waals surface area contributed by atoms with Gasteiger partial charge in [0.1, 0.15) is 0 Å². The molecule has 0 N–H and O–H groups in total. The van der Waals surface area contributed by atoms with Crippen LogP contribution in [-0.4, -0.2) is 0 Å². The predicted octanol–water partition coefficient (Wildman–Crippen LogP) is 6.25. The molecule has 2 aliphatic rings. The van der Waals surface area contributed by atoms with E-state index in [1.54, 1.807) is 11.1 Å². The van der Waals surface area contributed by atoms with Crippen LogP contribution in [0, 0.1) is 5.92 Å². The van der Waals surface area contributed by atoms with Crippen LogP contribution in [0.1, 0.15) is 87.7 Å². The van der Waals surface area contributed by atoms with Crippen molar-refractivity contribution in [2.75, 3.05) is 0 Å². The molecule has 110 valence electrons. The highest BCUT2D eigenvalue weighted by molar-refractivity contribution is 5.25. The lowest BCUT2D eigenvalue weighted by Gasteiger charge is -2.23. The summed E-state index contributed by atoms with van der Waals surface area (Å²) in [5.41, 5.74) is 3.17. The summed E-state index contributed by atoms with van der Waals surface area (Å²) in [5, 5.41) is 0. The summed E-state index contributed by atoms with van der Waals surface area (Å²) in [7, 11) is 0. The van der Waals surface area contributed by atoms with Crippen molar-refractivity contribution >= 4 is 0 Å². The van der Waals surface area contributed by atoms with Crippen molar-refractivity contribution in [2.24, 2.45) is 5.92 Å². The fraction of sp³-hybridized carbons (Fsp3) is 0.700. The Bertz CT molecular complexity index is 377. The summed E-state index contributed by atoms with van der Waals surface area (Å²) in [6.45, 7) is 0. The lowest BCUT2D eigenvalue weighted by atomic mass is 9.83. The second kappa shape index (κ2) is 7.29. The van der Waals surface area contributed by atoms with Gasteiger partial charge in [-0.25, -0.2) is 0 Å². The molecule has 0 heteroatoms. The lowest BCUT2D eigenvalue weighted by molar-refractivity contribution is 0.339. The van der Waals surface area contributed by atoms with Gasteiger partial charge in [-0.15, -0.1) is 0 Å². The molecular weight excluding hydrogens is 240 g/mol. The van der Waals surface area contributed by atoms with Gasteiger partial charge in [-0.2, -0.15) is 0 Å². The van der Waals surface area contributed by atoms with E-state index in [1.807, 2.05) is 0 Å². The highest BCUT2D eigenvalue weighted by Gasteiger charge is 2.16. The van der Waals surface area contributed by atoms with Gasteiger partial charge in [-0.3, -0.25) is 0 Å². The standard InChI is InChI=1S/C20H30/c1-3-7-17(8-4-1)11-12-18-13-15-20(16-14-18)19-9-5-2-6-10-19/h13-17,19H,1-12H2. The molecule has 0 nitrogen and oxygen atoms in total. The van der Waals surface area contributed by atoms with Crippen LogP contribution in [0.5, 0.6) is 0 Å². The van der Waals surface area contributed by atoms with Gasteiger partial charge in [0.2, 0.25) is 0 Å². The molecule has 1 aromatic rings. The van der Waals surface area contributed by atoms with Gasteiger partial charge in [0.25, 0.3) is 0 Å². The van der Waals surface area contributed by atoms with E-state index >= 15 is 0 Å². The van der Waals surface area contributed by atoms with Crippen molar-refractivity contribution in [1.29, 1.82) is 0 Å². The van der Waals surface area contributed by atoms with Crippen molar-refractivity contribution in [3.8, 4) is 0 Å². The Labute approximate surface area is 125 Å². The second-order valence-electron chi connectivity index (χ2n) is 7.12. The number of aryl methyl sites for hydroxylation is 1. The zero-order chi connectivity index (χ0) is 13.6. The molecule has 0 radical (unpaired) electrons. The van der Waals surface area contributed by atoms with Crippen LogP contribution in [0.25, 0.3) is 0 Å². The number of benzene rings is 1. The minimum Gasteiger partial charge on any atom is -0.0588 e. The first-order valence-corrected chi connectivity index (χ1v) is 9.00. The topological polar surface area (TPSA) is 0 Å². The zero-order valence-electron chi connectivity index (χ0n) is 12.9. The number of rotatable bonds is 4. The molecule has 0 bridgehead atoms. The van der Waals surface area contributed by atoms with Crippen LogP contribution in [0.3, 0.4) is 0 Å². The summed E-state index contributed by atoms with van der Waals surface area (Å²) < 4.78 is 0. The fourth-order valence-electron chi connectivity index (χ4n) is 4.24. The van der Waals surface area contributed by atoms with Gasteiger partial charge in [0, 0.05) is 0 Å². The minimum atomic E-state index is 0.858. The van der Waals surface area contributed by atoms with Crippen molar-refractivity contribution in [3.63, 3.8) is 0 Å². The van der Waals surface area contributed by atoms with Crippen molar-refractivity contribution in [3.05, 3.63) is 35.4 Å². The molecule has 3 rings (SSSR count). The molecule has 0 aromatic heterocycles. The summed E-state index contributed by atoms with van der Waals surface area (Å²) >= 11 is 0. The van der Waals surface area contributed by atoms with Crippen LogP contribution >= 0.6 is 0 Å². The Morgan fingerprint density at radius 2 is 1.30 bits per heavy atom. The van der Waals surface area contributed by atoms with Crippen LogP contribution in [0.15, 0.2) is 24.3 Å². The predicted molar refractivity (Wildman–Crippen MR) is 87.2 cm³/mol. The van der Waals surface area contributed by atoms with Crippen molar-refractivity contribution in [1.82, 2.24) is 0 Å². The van der Waals surface area contributed by atoms with E-state index in [-0.39, 0.29) is 0 Å². The van der Waals surface area contributed by atoms with Crippen LogP contribution in [0.2, 0.25) is 0 Å². The van der Waals surface area contributed by atoms with Crippen LogP contribution < -0.4 is 0 Å². The molecule has 20 heavy (non-hydrogen) atoms. The molecular formula is C20H30. The third kappa shape index (κ3) is 3.87. The first kappa shape index (κ1) is 14.2. The molecule has 1 aromatic carbocycles. The van der Waals surface area contributed by atoms with Gasteiger partial charge in [0.15, 0.2) is 0 Å². The Morgan fingerprint density at radius 1 is 0.700 bits per heavy atom. The third-order valence-corrected chi connectivity index (χ3v) is 5.62. The monoisotopic (exact) mass is 270 g/mol. The van der Waals surface area contributed by atoms with Crippen LogP contribution in [-0.2, 0) is 6.42 Å². The largest absolute Gasteiger partial charge is 0.0588 e. The van der Waals surface area contributed by atoms with E-state index in [9.17, 15) is 0 Å². The highest BCUT2D eigenvalue weighted by Crippen LogP contribution is 2.33. The van der Waals surface area contributed by atoms with E-state index < -0.39 is 0 Å². The molecule has 0 unspecified atom stereocenters. The summed E-state index contributed by atoms with van der Waals surface area (Å²) in [4.78, 5) is 0. The van der Waals surface area contributed by atoms with Gasteiger partial charge in [-0.1, -0.05) is 75.6 Å². The quantitative estimate of drug-likeness (QED) is 0.607. The molecule has 2 fully saturated rings. The molecule has 0 amide bonds. The first-order valence-electron chi connectivity index (χ1n) is 9.00. The SMILES string of the molecule is c1cc(C2CCCCC2)ccc1CCC1CCCCC1. The van der Waals surface area contributed by atoms with E-state index in [1.165, 1.54) is 77.0 Å². The molecule has 0 atom stereocenters. The zero-order valence-corrected chi connectivity index (χ0v) is 12.9. The fourth-order valence-corrected chi connectivity index (χ4v) is 4.24. The molecule has 0 spiro atoms. The number of hydrogen-bond donors (Lipinski definition) is 0. The molecule has 2 aliphatic carbocycles.